The molecule has 1 aromatic carbocycles. The molecule has 5 nitrogen and oxygen atoms in total. The summed E-state index contributed by atoms with van der Waals surface area (Å²) in [5.74, 6) is 0.812. The first-order valence-corrected chi connectivity index (χ1v) is 8.78. The highest BCUT2D eigenvalue weighted by atomic mass is 16.6. The molecule has 1 atom stereocenters. The molecule has 1 aromatic heterocycles. The van der Waals surface area contributed by atoms with Gasteiger partial charge in [-0.25, -0.2) is 4.79 Å². The minimum Gasteiger partial charge on any atom is -0.491 e. The van der Waals surface area contributed by atoms with E-state index in [-0.39, 0.29) is 12.1 Å². The van der Waals surface area contributed by atoms with E-state index in [0.717, 1.165) is 30.8 Å². The number of likely N-dealkylation sites (tertiary alicyclic amines) is 1. The van der Waals surface area contributed by atoms with Gasteiger partial charge in [0.15, 0.2) is 0 Å². The summed E-state index contributed by atoms with van der Waals surface area (Å²) in [7, 11) is 0. The van der Waals surface area contributed by atoms with Crippen LogP contribution in [0.4, 0.5) is 4.79 Å². The molecule has 134 valence electrons. The number of nitrogens with zero attached hydrogens (tertiary/aromatic N) is 2. The van der Waals surface area contributed by atoms with Gasteiger partial charge in [0, 0.05) is 24.6 Å². The zero-order valence-electron chi connectivity index (χ0n) is 15.1. The van der Waals surface area contributed by atoms with Gasteiger partial charge in [-0.2, -0.15) is 0 Å². The van der Waals surface area contributed by atoms with Crippen LogP contribution in [0.3, 0.4) is 0 Å². The summed E-state index contributed by atoms with van der Waals surface area (Å²) in [5.41, 5.74) is 0.618. The number of rotatable bonds is 4. The second kappa shape index (κ2) is 7.21. The van der Waals surface area contributed by atoms with Crippen LogP contribution < -0.4 is 4.74 Å². The second-order valence-electron chi connectivity index (χ2n) is 7.37. The summed E-state index contributed by atoms with van der Waals surface area (Å²) in [6.45, 7) is 6.88. The van der Waals surface area contributed by atoms with Crippen LogP contribution in [-0.4, -0.2) is 40.4 Å². The van der Waals surface area contributed by atoms with Crippen molar-refractivity contribution in [3.8, 4) is 11.4 Å². The van der Waals surface area contributed by atoms with E-state index in [1.165, 1.54) is 0 Å². The summed E-state index contributed by atoms with van der Waals surface area (Å²) in [4.78, 5) is 14.1. The first-order valence-electron chi connectivity index (χ1n) is 8.78. The number of benzene rings is 1. The maximum Gasteiger partial charge on any atom is 0.410 e. The SMILES string of the molecule is CC(C)(C)OC(=O)N1CCC[C@@H]1COc1ccc(-n2cccc2)cc1. The fourth-order valence-corrected chi connectivity index (χ4v) is 2.98. The molecule has 1 aliphatic rings. The van der Waals surface area contributed by atoms with E-state index in [1.807, 2.05) is 74.1 Å². The Morgan fingerprint density at radius 3 is 2.48 bits per heavy atom. The van der Waals surface area contributed by atoms with Crippen molar-refractivity contribution in [1.29, 1.82) is 0 Å². The predicted octanol–water partition coefficient (Wildman–Crippen LogP) is 4.26. The first kappa shape index (κ1) is 17.4. The molecule has 1 saturated heterocycles. The quantitative estimate of drug-likeness (QED) is 0.834. The Hall–Kier alpha value is -2.43. The smallest absolute Gasteiger partial charge is 0.410 e. The van der Waals surface area contributed by atoms with E-state index in [4.69, 9.17) is 9.47 Å². The molecule has 0 spiro atoms. The summed E-state index contributed by atoms with van der Waals surface area (Å²) < 4.78 is 13.5. The normalized spacial score (nSPS) is 17.6. The van der Waals surface area contributed by atoms with Crippen LogP contribution >= 0.6 is 0 Å². The third-order valence-electron chi connectivity index (χ3n) is 4.19. The molecule has 2 aromatic rings. The molecule has 0 bridgehead atoms. The third kappa shape index (κ3) is 4.56. The number of carbonyl (C=O) groups is 1. The maximum absolute atomic E-state index is 12.3. The lowest BCUT2D eigenvalue weighted by molar-refractivity contribution is 0.0187. The Labute approximate surface area is 149 Å². The number of hydrogen-bond acceptors (Lipinski definition) is 3. The fraction of sp³-hybridized carbons (Fsp3) is 0.450. The van der Waals surface area contributed by atoms with Gasteiger partial charge in [0.25, 0.3) is 0 Å². The van der Waals surface area contributed by atoms with Gasteiger partial charge in [0.1, 0.15) is 18.0 Å². The average molecular weight is 342 g/mol. The number of ether oxygens (including phenoxy) is 2. The van der Waals surface area contributed by atoms with Crippen molar-refractivity contribution in [3.05, 3.63) is 48.8 Å². The Morgan fingerprint density at radius 2 is 1.84 bits per heavy atom. The second-order valence-corrected chi connectivity index (χ2v) is 7.37. The van der Waals surface area contributed by atoms with E-state index in [0.29, 0.717) is 6.61 Å². The Morgan fingerprint density at radius 1 is 1.16 bits per heavy atom. The lowest BCUT2D eigenvalue weighted by atomic mass is 10.2. The van der Waals surface area contributed by atoms with Crippen LogP contribution in [0.25, 0.3) is 5.69 Å². The summed E-state index contributed by atoms with van der Waals surface area (Å²) >= 11 is 0. The Kier molecular flexibility index (Phi) is 5.02. The van der Waals surface area contributed by atoms with Crippen molar-refractivity contribution in [3.63, 3.8) is 0 Å². The largest absolute Gasteiger partial charge is 0.491 e. The monoisotopic (exact) mass is 342 g/mol. The van der Waals surface area contributed by atoms with Crippen LogP contribution in [0, 0.1) is 0 Å². The van der Waals surface area contributed by atoms with E-state index in [1.54, 1.807) is 4.90 Å². The van der Waals surface area contributed by atoms with Crippen molar-refractivity contribution in [1.82, 2.24) is 9.47 Å². The molecular formula is C20H26N2O3. The molecule has 5 heteroatoms. The van der Waals surface area contributed by atoms with Crippen LogP contribution in [0.15, 0.2) is 48.8 Å². The van der Waals surface area contributed by atoms with Gasteiger partial charge in [-0.1, -0.05) is 0 Å². The van der Waals surface area contributed by atoms with E-state index >= 15 is 0 Å². The molecule has 0 unspecified atom stereocenters. The van der Waals surface area contributed by atoms with Crippen molar-refractivity contribution < 1.29 is 14.3 Å². The van der Waals surface area contributed by atoms with Crippen molar-refractivity contribution >= 4 is 6.09 Å². The highest BCUT2D eigenvalue weighted by Gasteiger charge is 2.32. The lowest BCUT2D eigenvalue weighted by Gasteiger charge is -2.28. The maximum atomic E-state index is 12.3. The summed E-state index contributed by atoms with van der Waals surface area (Å²) in [5, 5.41) is 0. The first-order chi connectivity index (χ1) is 11.9. The standard InChI is InChI=1S/C20H26N2O3/c1-20(2,3)25-19(23)22-14-6-7-17(22)15-24-18-10-8-16(9-11-18)21-12-4-5-13-21/h4-5,8-13,17H,6-7,14-15H2,1-3H3/t17-/m1/s1. The van der Waals surface area contributed by atoms with Crippen LogP contribution in [0.2, 0.25) is 0 Å². The zero-order valence-corrected chi connectivity index (χ0v) is 15.1. The van der Waals surface area contributed by atoms with Crippen LogP contribution in [0.5, 0.6) is 5.75 Å². The molecule has 0 saturated carbocycles. The van der Waals surface area contributed by atoms with Crippen molar-refractivity contribution in [2.75, 3.05) is 13.2 Å². The highest BCUT2D eigenvalue weighted by Crippen LogP contribution is 2.22. The highest BCUT2D eigenvalue weighted by molar-refractivity contribution is 5.69. The molecule has 0 aliphatic carbocycles. The van der Waals surface area contributed by atoms with Gasteiger partial charge < -0.3 is 18.9 Å². The van der Waals surface area contributed by atoms with Crippen LogP contribution in [-0.2, 0) is 4.74 Å². The summed E-state index contributed by atoms with van der Waals surface area (Å²) in [6, 6.07) is 12.0. The van der Waals surface area contributed by atoms with Gasteiger partial charge >= 0.3 is 6.09 Å². The predicted molar refractivity (Wildman–Crippen MR) is 97.2 cm³/mol. The van der Waals surface area contributed by atoms with Crippen LogP contribution in [0.1, 0.15) is 33.6 Å². The van der Waals surface area contributed by atoms with Gasteiger partial charge in [-0.3, -0.25) is 0 Å². The van der Waals surface area contributed by atoms with Crippen molar-refractivity contribution in [2.24, 2.45) is 0 Å². The molecule has 3 rings (SSSR count). The molecule has 1 fully saturated rings. The third-order valence-corrected chi connectivity index (χ3v) is 4.19. The summed E-state index contributed by atoms with van der Waals surface area (Å²) in [6.07, 6.45) is 5.70. The van der Waals surface area contributed by atoms with E-state index < -0.39 is 5.60 Å². The molecule has 0 radical (unpaired) electrons. The zero-order chi connectivity index (χ0) is 17.9. The molecule has 0 N–H and O–H groups in total. The number of aromatic nitrogens is 1. The Bertz CT molecular complexity index is 687. The van der Waals surface area contributed by atoms with Crippen molar-refractivity contribution in [2.45, 2.75) is 45.3 Å². The van der Waals surface area contributed by atoms with E-state index in [9.17, 15) is 4.79 Å². The molecule has 1 amide bonds. The van der Waals surface area contributed by atoms with Gasteiger partial charge in [0.2, 0.25) is 0 Å². The average Bonchev–Trinajstić information content (AvgIpc) is 3.23. The molecule has 1 aliphatic heterocycles. The number of amides is 1. The molecular weight excluding hydrogens is 316 g/mol. The van der Waals surface area contributed by atoms with E-state index in [2.05, 4.69) is 0 Å². The number of carbonyl (C=O) groups excluding carboxylic acids is 1. The molecule has 25 heavy (non-hydrogen) atoms. The van der Waals surface area contributed by atoms with Gasteiger partial charge in [0.05, 0.1) is 6.04 Å². The molecule has 2 heterocycles. The Balaban J connectivity index is 1.56. The fourth-order valence-electron chi connectivity index (χ4n) is 2.98. The number of hydrogen-bond donors (Lipinski definition) is 0. The lowest BCUT2D eigenvalue weighted by Crippen LogP contribution is -2.42. The topological polar surface area (TPSA) is 43.7 Å². The minimum atomic E-state index is -0.473. The minimum absolute atomic E-state index is 0.0685. The van der Waals surface area contributed by atoms with Gasteiger partial charge in [-0.15, -0.1) is 0 Å². The van der Waals surface area contributed by atoms with Gasteiger partial charge in [-0.05, 0) is 70.0 Å².